The summed E-state index contributed by atoms with van der Waals surface area (Å²) in [7, 11) is -3.73. The molecule has 1 saturated heterocycles. The summed E-state index contributed by atoms with van der Waals surface area (Å²) in [6, 6.07) is 5.71. The maximum absolute atomic E-state index is 12.8. The predicted molar refractivity (Wildman–Crippen MR) is 112 cm³/mol. The minimum atomic E-state index is -3.73. The monoisotopic (exact) mass is 403 g/mol. The van der Waals surface area contributed by atoms with Crippen molar-refractivity contribution in [2.75, 3.05) is 26.2 Å². The second kappa shape index (κ2) is 7.70. The maximum Gasteiger partial charge on any atom is 0.285 e. The number of amides is 1. The lowest BCUT2D eigenvalue weighted by Gasteiger charge is -2.24. The number of nitrogens with zero attached hydrogens (tertiary/aromatic N) is 3. The lowest BCUT2D eigenvalue weighted by atomic mass is 10.0. The number of sulfonamides is 1. The van der Waals surface area contributed by atoms with Crippen LogP contribution in [0, 0.1) is 19.8 Å². The lowest BCUT2D eigenvalue weighted by molar-refractivity contribution is -0.134. The molecule has 0 radical (unpaired) electrons. The molecule has 1 amide bonds. The van der Waals surface area contributed by atoms with Gasteiger partial charge in [-0.2, -0.15) is 8.42 Å². The van der Waals surface area contributed by atoms with E-state index in [-0.39, 0.29) is 11.8 Å². The number of carbonyl (C=O) groups excluding carboxylic acids is 1. The molecule has 1 aromatic rings. The number of aryl methyl sites for hydroxylation is 2. The van der Waals surface area contributed by atoms with E-state index >= 15 is 0 Å². The van der Waals surface area contributed by atoms with Crippen molar-refractivity contribution in [3.05, 3.63) is 40.5 Å². The third-order valence-electron chi connectivity index (χ3n) is 5.51. The average molecular weight is 404 g/mol. The van der Waals surface area contributed by atoms with Gasteiger partial charge in [0.25, 0.3) is 10.0 Å². The van der Waals surface area contributed by atoms with E-state index in [9.17, 15) is 13.2 Å². The van der Waals surface area contributed by atoms with Crippen LogP contribution in [0.15, 0.2) is 28.2 Å². The molecule has 0 N–H and O–H groups in total. The second-order valence-electron chi connectivity index (χ2n) is 7.96. The van der Waals surface area contributed by atoms with Crippen LogP contribution in [0.1, 0.15) is 43.9 Å². The maximum atomic E-state index is 12.8. The third-order valence-corrected chi connectivity index (χ3v) is 6.98. The van der Waals surface area contributed by atoms with Gasteiger partial charge >= 0.3 is 0 Å². The lowest BCUT2D eigenvalue weighted by Crippen LogP contribution is -2.39. The molecule has 0 unspecified atom stereocenters. The fourth-order valence-corrected chi connectivity index (χ4v) is 5.26. The molecule has 0 atom stereocenters. The Labute approximate surface area is 168 Å². The van der Waals surface area contributed by atoms with Gasteiger partial charge < -0.3 is 9.80 Å². The Bertz CT molecular complexity index is 961. The first-order chi connectivity index (χ1) is 13.1. The summed E-state index contributed by atoms with van der Waals surface area (Å²) < 4.78 is 29.8. The summed E-state index contributed by atoms with van der Waals surface area (Å²) in [5.74, 6) is 0.631. The normalized spacial score (nSPS) is 19.9. The minimum absolute atomic E-state index is 0.0336. The summed E-state index contributed by atoms with van der Waals surface area (Å²) in [6.45, 7) is 12.2. The van der Waals surface area contributed by atoms with Gasteiger partial charge in [-0.25, -0.2) is 0 Å². The van der Waals surface area contributed by atoms with Crippen LogP contribution < -0.4 is 0 Å². The van der Waals surface area contributed by atoms with Gasteiger partial charge in [-0.1, -0.05) is 32.0 Å². The van der Waals surface area contributed by atoms with Gasteiger partial charge in [0.05, 0.1) is 0 Å². The second-order valence-corrected chi connectivity index (χ2v) is 9.50. The Hall–Kier alpha value is -2.15. The summed E-state index contributed by atoms with van der Waals surface area (Å²) >= 11 is 0. The van der Waals surface area contributed by atoms with Gasteiger partial charge in [0.2, 0.25) is 5.91 Å². The summed E-state index contributed by atoms with van der Waals surface area (Å²) in [4.78, 5) is 16.5. The van der Waals surface area contributed by atoms with E-state index in [1.54, 1.807) is 0 Å². The van der Waals surface area contributed by atoms with Crippen LogP contribution in [-0.4, -0.2) is 56.1 Å². The molecule has 3 rings (SSSR count). The van der Waals surface area contributed by atoms with E-state index in [4.69, 9.17) is 0 Å². The molecule has 0 spiro atoms. The van der Waals surface area contributed by atoms with Gasteiger partial charge in [0.1, 0.15) is 10.7 Å². The molecule has 7 heteroatoms. The van der Waals surface area contributed by atoms with Crippen LogP contribution in [0.4, 0.5) is 0 Å². The quantitative estimate of drug-likeness (QED) is 0.761. The van der Waals surface area contributed by atoms with Crippen LogP contribution >= 0.6 is 0 Å². The van der Waals surface area contributed by atoms with Gasteiger partial charge in [-0.05, 0) is 43.9 Å². The largest absolute Gasteiger partial charge is 0.354 e. The molecule has 152 valence electrons. The molecule has 2 aliphatic rings. The molecule has 0 aromatic heterocycles. The molecular formula is C21H29N3O3S. The van der Waals surface area contributed by atoms with Crippen molar-refractivity contribution >= 4 is 26.7 Å². The Morgan fingerprint density at radius 1 is 1.04 bits per heavy atom. The summed E-state index contributed by atoms with van der Waals surface area (Å²) in [6.07, 6.45) is 0.795. The van der Waals surface area contributed by atoms with E-state index < -0.39 is 10.0 Å². The Kier molecular flexibility index (Phi) is 5.66. The number of carbonyl (C=O) groups is 1. The van der Waals surface area contributed by atoms with Crippen molar-refractivity contribution in [1.82, 2.24) is 9.80 Å². The van der Waals surface area contributed by atoms with Crippen molar-refractivity contribution in [3.63, 3.8) is 0 Å². The van der Waals surface area contributed by atoms with Crippen LogP contribution in [-0.2, 0) is 14.8 Å². The zero-order valence-electron chi connectivity index (χ0n) is 17.3. The molecule has 6 nitrogen and oxygen atoms in total. The molecule has 2 aliphatic heterocycles. The fourth-order valence-electron chi connectivity index (χ4n) is 3.78. The highest BCUT2D eigenvalue weighted by atomic mass is 32.2. The third kappa shape index (κ3) is 3.85. The van der Waals surface area contributed by atoms with Crippen molar-refractivity contribution in [2.24, 2.45) is 10.3 Å². The number of rotatable bonds is 2. The van der Waals surface area contributed by atoms with E-state index in [2.05, 4.69) is 4.40 Å². The first-order valence-electron chi connectivity index (χ1n) is 9.79. The van der Waals surface area contributed by atoms with Crippen molar-refractivity contribution in [3.8, 4) is 0 Å². The highest BCUT2D eigenvalue weighted by Crippen LogP contribution is 2.34. The molecule has 28 heavy (non-hydrogen) atoms. The average Bonchev–Trinajstić information content (AvgIpc) is 2.79. The SMILES string of the molecule is CC1=C(c2ccc(C)c(C)c2)S(=O)(=O)N=C1N1CCCN(C(=O)C(C)C)CC1. The predicted octanol–water partition coefficient (Wildman–Crippen LogP) is 2.97. The first kappa shape index (κ1) is 20.6. The van der Waals surface area contributed by atoms with Crippen molar-refractivity contribution < 1.29 is 13.2 Å². The Morgan fingerprint density at radius 3 is 2.39 bits per heavy atom. The van der Waals surface area contributed by atoms with Crippen LogP contribution in [0.5, 0.6) is 0 Å². The summed E-state index contributed by atoms with van der Waals surface area (Å²) in [5.41, 5.74) is 3.55. The van der Waals surface area contributed by atoms with E-state index in [1.807, 2.05) is 62.6 Å². The van der Waals surface area contributed by atoms with Gasteiger partial charge in [-0.15, -0.1) is 4.40 Å². The van der Waals surface area contributed by atoms with Crippen molar-refractivity contribution in [1.29, 1.82) is 0 Å². The molecule has 2 heterocycles. The molecule has 1 fully saturated rings. The van der Waals surface area contributed by atoms with Crippen LogP contribution in [0.25, 0.3) is 4.91 Å². The molecular weight excluding hydrogens is 374 g/mol. The van der Waals surface area contributed by atoms with Gasteiger partial charge in [0.15, 0.2) is 0 Å². The van der Waals surface area contributed by atoms with Gasteiger partial charge in [-0.3, -0.25) is 4.79 Å². The summed E-state index contributed by atoms with van der Waals surface area (Å²) in [5, 5.41) is 0. The number of hydrogen-bond acceptors (Lipinski definition) is 4. The van der Waals surface area contributed by atoms with E-state index in [0.29, 0.717) is 48.1 Å². The molecule has 0 aliphatic carbocycles. The van der Waals surface area contributed by atoms with Gasteiger partial charge in [0, 0.05) is 37.7 Å². The highest BCUT2D eigenvalue weighted by Gasteiger charge is 2.34. The smallest absolute Gasteiger partial charge is 0.285 e. The van der Waals surface area contributed by atoms with E-state index in [0.717, 1.165) is 17.5 Å². The number of amidine groups is 1. The first-order valence-corrected chi connectivity index (χ1v) is 11.2. The van der Waals surface area contributed by atoms with E-state index in [1.165, 1.54) is 0 Å². The fraction of sp³-hybridized carbons (Fsp3) is 0.524. The Balaban J connectivity index is 1.89. The van der Waals surface area contributed by atoms with Crippen LogP contribution in [0.2, 0.25) is 0 Å². The number of benzene rings is 1. The number of hydrogen-bond donors (Lipinski definition) is 0. The Morgan fingerprint density at radius 2 is 1.75 bits per heavy atom. The van der Waals surface area contributed by atoms with Crippen molar-refractivity contribution in [2.45, 2.75) is 41.0 Å². The minimum Gasteiger partial charge on any atom is -0.354 e. The topological polar surface area (TPSA) is 70.1 Å². The molecule has 0 bridgehead atoms. The molecule has 0 saturated carbocycles. The molecule has 1 aromatic carbocycles. The zero-order valence-corrected chi connectivity index (χ0v) is 18.1. The van der Waals surface area contributed by atoms with Crippen LogP contribution in [0.3, 0.4) is 0 Å². The highest BCUT2D eigenvalue weighted by molar-refractivity contribution is 8.00. The zero-order chi connectivity index (χ0) is 20.6. The standard InChI is InChI=1S/C21H29N3O3S/c1-14(2)21(25)24-10-6-9-23(11-12-24)20-17(5)19(28(26,27)22-20)18-8-7-15(3)16(4)13-18/h7-8,13-14H,6,9-12H2,1-5H3.